The maximum Gasteiger partial charge on any atom is 0.338 e. The molecule has 0 aromatic rings. The molecule has 0 saturated carbocycles. The molecule has 0 aromatic heterocycles. The van der Waals surface area contributed by atoms with Crippen LogP contribution in [0.2, 0.25) is 0 Å². The number of hydrogen-bond acceptors (Lipinski definition) is 7. The van der Waals surface area contributed by atoms with Crippen molar-refractivity contribution in [1.82, 2.24) is 0 Å². The molecule has 3 heterocycles. The summed E-state index contributed by atoms with van der Waals surface area (Å²) in [5.74, 6) is 0. The van der Waals surface area contributed by atoms with Gasteiger partial charge < -0.3 is 28.4 Å². The van der Waals surface area contributed by atoms with Gasteiger partial charge in [0.25, 0.3) is 0 Å². The summed E-state index contributed by atoms with van der Waals surface area (Å²) >= 11 is 1.39. The van der Waals surface area contributed by atoms with Crippen LogP contribution in [-0.2, 0) is 28.4 Å². The third-order valence-electron chi connectivity index (χ3n) is 3.43. The molecule has 0 N–H and O–H groups in total. The second-order valence-electron chi connectivity index (χ2n) is 4.38. The van der Waals surface area contributed by atoms with Crippen LogP contribution in [-0.4, -0.2) is 62.6 Å². The van der Waals surface area contributed by atoms with Crippen molar-refractivity contribution in [2.75, 3.05) is 26.6 Å². The van der Waals surface area contributed by atoms with Crippen molar-refractivity contribution in [2.45, 2.75) is 42.9 Å². The minimum absolute atomic E-state index is 0.126. The molecule has 0 spiro atoms. The highest BCUT2D eigenvalue weighted by Crippen LogP contribution is 2.46. The van der Waals surface area contributed by atoms with Crippen LogP contribution >= 0.6 is 11.8 Å². The topological polar surface area (TPSA) is 55.4 Å². The van der Waals surface area contributed by atoms with E-state index in [1.54, 1.807) is 7.11 Å². The smallest absolute Gasteiger partial charge is 0.338 e. The molecule has 3 aliphatic heterocycles. The lowest BCUT2D eigenvalue weighted by atomic mass is 10.1. The van der Waals surface area contributed by atoms with Gasteiger partial charge in [-0.2, -0.15) is 0 Å². The molecule has 2 bridgehead atoms. The van der Waals surface area contributed by atoms with Gasteiger partial charge in [-0.05, 0) is 13.2 Å². The Bertz CT molecular complexity index is 316. The summed E-state index contributed by atoms with van der Waals surface area (Å²) in [6, 6.07) is 0. The molecule has 18 heavy (non-hydrogen) atoms. The van der Waals surface area contributed by atoms with Gasteiger partial charge in [-0.3, -0.25) is 0 Å². The van der Waals surface area contributed by atoms with Crippen molar-refractivity contribution >= 4 is 11.8 Å². The Morgan fingerprint density at radius 3 is 2.83 bits per heavy atom. The summed E-state index contributed by atoms with van der Waals surface area (Å²) in [5.41, 5.74) is 0. The van der Waals surface area contributed by atoms with Crippen LogP contribution in [0.5, 0.6) is 0 Å². The van der Waals surface area contributed by atoms with Crippen molar-refractivity contribution < 1.29 is 28.4 Å². The lowest BCUT2D eigenvalue weighted by molar-refractivity contribution is -0.332. The van der Waals surface area contributed by atoms with Crippen LogP contribution in [0.25, 0.3) is 0 Å². The third-order valence-corrected chi connectivity index (χ3v) is 4.24. The quantitative estimate of drug-likeness (QED) is 0.744. The van der Waals surface area contributed by atoms with E-state index in [9.17, 15) is 0 Å². The maximum atomic E-state index is 5.91. The fourth-order valence-electron chi connectivity index (χ4n) is 2.61. The van der Waals surface area contributed by atoms with E-state index < -0.39 is 11.6 Å². The zero-order chi connectivity index (χ0) is 12.8. The normalized spacial score (nSPS) is 50.5. The highest BCUT2D eigenvalue weighted by Gasteiger charge is 2.62. The van der Waals surface area contributed by atoms with Crippen molar-refractivity contribution in [2.24, 2.45) is 0 Å². The molecular weight excluding hydrogens is 260 g/mol. The lowest BCUT2D eigenvalue weighted by Gasteiger charge is -2.36. The van der Waals surface area contributed by atoms with E-state index in [4.69, 9.17) is 28.4 Å². The monoisotopic (exact) mass is 278 g/mol. The highest BCUT2D eigenvalue weighted by molar-refractivity contribution is 7.99. The first-order valence-electron chi connectivity index (χ1n) is 6.07. The van der Waals surface area contributed by atoms with E-state index in [-0.39, 0.29) is 24.4 Å². The van der Waals surface area contributed by atoms with Crippen molar-refractivity contribution in [1.29, 1.82) is 0 Å². The summed E-state index contributed by atoms with van der Waals surface area (Å²) < 4.78 is 34.1. The molecule has 0 aromatic carbocycles. The van der Waals surface area contributed by atoms with Gasteiger partial charge in [-0.1, -0.05) is 11.8 Å². The molecule has 7 heteroatoms. The maximum absolute atomic E-state index is 5.91. The van der Waals surface area contributed by atoms with Gasteiger partial charge in [-0.25, -0.2) is 0 Å². The number of hydrogen-bond donors (Lipinski definition) is 0. The average molecular weight is 278 g/mol. The van der Waals surface area contributed by atoms with Gasteiger partial charge in [-0.15, -0.1) is 0 Å². The van der Waals surface area contributed by atoms with Crippen LogP contribution in [0.3, 0.4) is 0 Å². The molecular formula is C11H18O6S. The average Bonchev–Trinajstić information content (AvgIpc) is 2.91. The predicted molar refractivity (Wildman–Crippen MR) is 63.0 cm³/mol. The van der Waals surface area contributed by atoms with E-state index in [0.717, 1.165) is 0 Å². The minimum Gasteiger partial charge on any atom is -0.373 e. The van der Waals surface area contributed by atoms with Gasteiger partial charge in [0.1, 0.15) is 24.4 Å². The molecule has 3 saturated heterocycles. The third kappa shape index (κ3) is 1.89. The van der Waals surface area contributed by atoms with E-state index >= 15 is 0 Å². The number of rotatable bonds is 4. The molecule has 3 aliphatic rings. The Morgan fingerprint density at radius 2 is 2.17 bits per heavy atom. The first-order chi connectivity index (χ1) is 8.73. The Labute approximate surface area is 110 Å². The molecule has 3 fully saturated rings. The summed E-state index contributed by atoms with van der Waals surface area (Å²) in [6.45, 7) is 2.96. The number of thioether (sulfide) groups is 1. The van der Waals surface area contributed by atoms with Crippen LogP contribution in [0.4, 0.5) is 0 Å². The molecule has 0 aliphatic carbocycles. The Kier molecular flexibility index (Phi) is 3.57. The molecule has 3 rings (SSSR count). The van der Waals surface area contributed by atoms with Gasteiger partial charge in [0.05, 0.1) is 6.61 Å². The Balaban J connectivity index is 1.80. The SMILES string of the molecule is CCO[C@@H]1O[C@@H]2[C@H](O[C@@]3(SC)OC[C@@H]2O3)[C@@H]1OC. The predicted octanol–water partition coefficient (Wildman–Crippen LogP) is 0.551. The number of methoxy groups -OCH3 is 1. The second kappa shape index (κ2) is 4.90. The molecule has 0 radical (unpaired) electrons. The van der Waals surface area contributed by atoms with Gasteiger partial charge in [0, 0.05) is 13.7 Å². The standard InChI is InChI=1S/C11H18O6S/c1-4-13-10-9(12-2)8-7(15-10)6-5-14-11(16-6,17-8)18-3/h6-10H,4-5H2,1-3H3/t6-,7-,8-,9-,10+,11+/m0/s1. The van der Waals surface area contributed by atoms with Crippen molar-refractivity contribution in [3.05, 3.63) is 0 Å². The molecule has 6 atom stereocenters. The zero-order valence-electron chi connectivity index (χ0n) is 10.7. The Morgan fingerprint density at radius 1 is 1.33 bits per heavy atom. The fraction of sp³-hybridized carbons (Fsp3) is 1.00. The molecule has 104 valence electrons. The van der Waals surface area contributed by atoms with Crippen LogP contribution < -0.4 is 0 Å². The molecule has 0 unspecified atom stereocenters. The first kappa shape index (κ1) is 13.1. The highest BCUT2D eigenvalue weighted by atomic mass is 32.2. The summed E-state index contributed by atoms with van der Waals surface area (Å²) in [6.07, 6.45) is 0.681. The van der Waals surface area contributed by atoms with Crippen LogP contribution in [0.1, 0.15) is 6.92 Å². The van der Waals surface area contributed by atoms with Gasteiger partial charge in [0.2, 0.25) is 0 Å². The second-order valence-corrected chi connectivity index (χ2v) is 5.29. The minimum atomic E-state index is -1.01. The molecule has 6 nitrogen and oxygen atoms in total. The van der Waals surface area contributed by atoms with E-state index in [2.05, 4.69) is 0 Å². The summed E-state index contributed by atoms with van der Waals surface area (Å²) in [7, 11) is 1.63. The molecule has 0 amide bonds. The zero-order valence-corrected chi connectivity index (χ0v) is 11.5. The van der Waals surface area contributed by atoms with Gasteiger partial charge >= 0.3 is 5.31 Å². The first-order valence-corrected chi connectivity index (χ1v) is 7.30. The lowest BCUT2D eigenvalue weighted by Crippen LogP contribution is -2.52. The van der Waals surface area contributed by atoms with Crippen LogP contribution in [0, 0.1) is 0 Å². The largest absolute Gasteiger partial charge is 0.373 e. The van der Waals surface area contributed by atoms with Crippen molar-refractivity contribution in [3.63, 3.8) is 0 Å². The number of fused-ring (bicyclic) bond motifs is 4. The summed E-state index contributed by atoms with van der Waals surface area (Å²) in [5, 5.41) is -1.01. The van der Waals surface area contributed by atoms with E-state index in [1.165, 1.54) is 11.8 Å². The summed E-state index contributed by atoms with van der Waals surface area (Å²) in [4.78, 5) is 0. The van der Waals surface area contributed by atoms with E-state index in [1.807, 2.05) is 13.2 Å². The number of ether oxygens (including phenoxy) is 6. The van der Waals surface area contributed by atoms with Gasteiger partial charge in [0.15, 0.2) is 6.29 Å². The van der Waals surface area contributed by atoms with Crippen molar-refractivity contribution in [3.8, 4) is 0 Å². The fourth-order valence-corrected chi connectivity index (χ4v) is 3.22. The van der Waals surface area contributed by atoms with E-state index in [0.29, 0.717) is 13.2 Å². The van der Waals surface area contributed by atoms with Crippen LogP contribution in [0.15, 0.2) is 0 Å². The Hall–Kier alpha value is 0.110.